The number of benzene rings is 1. The molecule has 8 heteroatoms. The van der Waals surface area contributed by atoms with E-state index in [4.69, 9.17) is 5.26 Å². The van der Waals surface area contributed by atoms with Crippen LogP contribution in [0.2, 0.25) is 0 Å². The van der Waals surface area contributed by atoms with Crippen LogP contribution in [0.4, 0.5) is 0 Å². The van der Waals surface area contributed by atoms with Crippen molar-refractivity contribution in [3.8, 4) is 17.3 Å². The van der Waals surface area contributed by atoms with Crippen LogP contribution in [0.25, 0.3) is 22.3 Å². The Balaban J connectivity index is 1.72. The minimum Gasteiger partial charge on any atom is -0.260 e. The van der Waals surface area contributed by atoms with Crippen molar-refractivity contribution in [1.29, 1.82) is 5.26 Å². The molecule has 1 aromatic carbocycles. The first kappa shape index (κ1) is 17.1. The van der Waals surface area contributed by atoms with E-state index < -0.39 is 0 Å². The lowest BCUT2D eigenvalue weighted by Gasteiger charge is -2.08. The van der Waals surface area contributed by atoms with Crippen LogP contribution in [-0.4, -0.2) is 24.3 Å². The van der Waals surface area contributed by atoms with Gasteiger partial charge in [0, 0.05) is 18.0 Å². The highest BCUT2D eigenvalue weighted by molar-refractivity contribution is 14.2. The number of hydrogen-bond donors (Lipinski definition) is 0. The van der Waals surface area contributed by atoms with Crippen LogP contribution >= 0.6 is 28.4 Å². The molecule has 6 nitrogen and oxygen atoms in total. The number of halogens is 1. The Kier molecular flexibility index (Phi) is 4.70. The first-order chi connectivity index (χ1) is 12.7. The highest BCUT2D eigenvalue weighted by atomic mass is 127. The van der Waals surface area contributed by atoms with Gasteiger partial charge in [0.1, 0.15) is 5.52 Å². The Morgan fingerprint density at radius 3 is 2.77 bits per heavy atom. The van der Waals surface area contributed by atoms with Crippen molar-refractivity contribution >= 4 is 39.4 Å². The summed E-state index contributed by atoms with van der Waals surface area (Å²) in [6.45, 7) is 2.62. The van der Waals surface area contributed by atoms with Crippen LogP contribution in [0.3, 0.4) is 0 Å². The molecule has 1 unspecified atom stereocenters. The van der Waals surface area contributed by atoms with Crippen LogP contribution in [0, 0.1) is 18.3 Å². The molecule has 0 spiro atoms. The fourth-order valence-corrected chi connectivity index (χ4v) is 4.46. The number of fused-ring (bicyclic) bond motifs is 1. The number of pyridine rings is 1. The van der Waals surface area contributed by atoms with Crippen molar-refractivity contribution in [1.82, 2.24) is 24.3 Å². The van der Waals surface area contributed by atoms with E-state index in [1.807, 2.05) is 52.6 Å². The second-order valence-electron chi connectivity index (χ2n) is 5.86. The van der Waals surface area contributed by atoms with Gasteiger partial charge in [0.2, 0.25) is 0 Å². The minimum absolute atomic E-state index is 0.527. The van der Waals surface area contributed by atoms with Gasteiger partial charge >= 0.3 is 0 Å². The lowest BCUT2D eigenvalue weighted by atomic mass is 10.1. The maximum Gasteiger partial charge on any atom is 0.112 e. The molecule has 0 radical (unpaired) electrons. The second-order valence-corrected chi connectivity index (χ2v) is 7.90. The standard InChI is InChI=1S/C18H14IN6P/c1-12-18-17(25(23-12)26-19)8-15(10-21-18)16-6-7-22-24(16)11-14-4-2-13(9-20)3-5-14/h2-8,10,26H,11H2,1H3. The third-order valence-electron chi connectivity index (χ3n) is 4.20. The Morgan fingerprint density at radius 1 is 1.23 bits per heavy atom. The Morgan fingerprint density at radius 2 is 2.04 bits per heavy atom. The molecule has 0 amide bonds. The van der Waals surface area contributed by atoms with Crippen LogP contribution in [0.5, 0.6) is 0 Å². The molecular formula is C18H14IN6P. The van der Waals surface area contributed by atoms with E-state index in [2.05, 4.69) is 49.4 Å². The highest BCUT2D eigenvalue weighted by Gasteiger charge is 2.12. The summed E-state index contributed by atoms with van der Waals surface area (Å²) >= 11 is 2.33. The summed E-state index contributed by atoms with van der Waals surface area (Å²) in [7, 11) is 0. The Hall–Kier alpha value is -2.30. The van der Waals surface area contributed by atoms with Gasteiger partial charge in [-0.2, -0.15) is 15.5 Å². The van der Waals surface area contributed by atoms with Gasteiger partial charge in [-0.25, -0.2) is 4.45 Å². The Labute approximate surface area is 165 Å². The molecule has 0 aliphatic heterocycles. The number of nitriles is 1. The molecule has 0 aliphatic carbocycles. The molecule has 0 fully saturated rings. The molecule has 0 N–H and O–H groups in total. The topological polar surface area (TPSA) is 72.3 Å². The van der Waals surface area contributed by atoms with E-state index in [9.17, 15) is 0 Å². The van der Waals surface area contributed by atoms with Crippen molar-refractivity contribution in [2.45, 2.75) is 13.5 Å². The molecule has 0 aliphatic rings. The summed E-state index contributed by atoms with van der Waals surface area (Å²) in [6, 6.07) is 13.8. The SMILES string of the molecule is Cc1nn(PI)c2cc(-c3ccnn3Cc3ccc(C#N)cc3)cnc12. The summed E-state index contributed by atoms with van der Waals surface area (Å²) in [5, 5.41) is 17.9. The zero-order valence-corrected chi connectivity index (χ0v) is 17.0. The van der Waals surface area contributed by atoms with E-state index in [-0.39, 0.29) is 0 Å². The van der Waals surface area contributed by atoms with Crippen LogP contribution < -0.4 is 0 Å². The molecule has 3 aromatic heterocycles. The van der Waals surface area contributed by atoms with Crippen molar-refractivity contribution in [3.63, 3.8) is 0 Å². The predicted molar refractivity (Wildman–Crippen MR) is 111 cm³/mol. The van der Waals surface area contributed by atoms with Crippen molar-refractivity contribution < 1.29 is 0 Å². The zero-order valence-electron chi connectivity index (χ0n) is 13.9. The van der Waals surface area contributed by atoms with Gasteiger partial charge in [-0.15, -0.1) is 0 Å². The number of hydrogen-bond acceptors (Lipinski definition) is 4. The lowest BCUT2D eigenvalue weighted by Crippen LogP contribution is -2.04. The number of nitrogens with zero attached hydrogens (tertiary/aromatic N) is 6. The molecule has 128 valence electrons. The predicted octanol–water partition coefficient (Wildman–Crippen LogP) is 4.31. The quantitative estimate of drug-likeness (QED) is 0.328. The fourth-order valence-electron chi connectivity index (χ4n) is 2.91. The summed E-state index contributed by atoms with van der Waals surface area (Å²) < 4.78 is 3.94. The normalized spacial score (nSPS) is 11.4. The van der Waals surface area contributed by atoms with Gasteiger partial charge in [-0.05, 0) is 58.8 Å². The first-order valence-corrected chi connectivity index (χ1v) is 12.0. The summed E-state index contributed by atoms with van der Waals surface area (Å²) in [6.07, 6.45) is 4.20. The van der Waals surface area contributed by atoms with Crippen molar-refractivity contribution in [2.75, 3.05) is 0 Å². The molecule has 3 heterocycles. The molecule has 4 rings (SSSR count). The van der Waals surface area contributed by atoms with Gasteiger partial charge in [0.05, 0.1) is 41.5 Å². The maximum atomic E-state index is 8.93. The molecular weight excluding hydrogens is 458 g/mol. The van der Waals surface area contributed by atoms with Crippen molar-refractivity contribution in [2.24, 2.45) is 0 Å². The molecule has 0 saturated heterocycles. The van der Waals surface area contributed by atoms with E-state index in [1.165, 1.54) is 0 Å². The lowest BCUT2D eigenvalue weighted by molar-refractivity contribution is 0.694. The fraction of sp³-hybridized carbons (Fsp3) is 0.111. The first-order valence-electron chi connectivity index (χ1n) is 7.93. The zero-order chi connectivity index (χ0) is 18.1. The smallest absolute Gasteiger partial charge is 0.112 e. The van der Waals surface area contributed by atoms with E-state index >= 15 is 0 Å². The summed E-state index contributed by atoms with van der Waals surface area (Å²) in [4.78, 5) is 4.62. The van der Waals surface area contributed by atoms with Gasteiger partial charge in [0.25, 0.3) is 0 Å². The molecule has 0 saturated carbocycles. The van der Waals surface area contributed by atoms with Crippen LogP contribution in [-0.2, 0) is 6.54 Å². The molecule has 4 aromatic rings. The van der Waals surface area contributed by atoms with Crippen LogP contribution in [0.1, 0.15) is 16.8 Å². The van der Waals surface area contributed by atoms with E-state index in [1.54, 1.807) is 6.20 Å². The number of rotatable bonds is 4. The van der Waals surface area contributed by atoms with Gasteiger partial charge in [-0.1, -0.05) is 12.1 Å². The van der Waals surface area contributed by atoms with E-state index in [0.29, 0.717) is 18.5 Å². The summed E-state index contributed by atoms with van der Waals surface area (Å²) in [5.74, 6) is 0. The molecule has 26 heavy (non-hydrogen) atoms. The molecule has 0 bridgehead atoms. The minimum atomic E-state index is 0.527. The number of aryl methyl sites for hydroxylation is 1. The summed E-state index contributed by atoms with van der Waals surface area (Å²) in [5.41, 5.74) is 6.70. The second kappa shape index (κ2) is 7.14. The third kappa shape index (κ3) is 3.11. The average molecular weight is 472 g/mol. The van der Waals surface area contributed by atoms with Gasteiger partial charge in [0.15, 0.2) is 0 Å². The van der Waals surface area contributed by atoms with E-state index in [0.717, 1.165) is 33.5 Å². The maximum absolute atomic E-state index is 8.93. The van der Waals surface area contributed by atoms with Gasteiger partial charge in [-0.3, -0.25) is 9.67 Å². The number of aromatic nitrogens is 5. The van der Waals surface area contributed by atoms with Crippen LogP contribution in [0.15, 0.2) is 48.8 Å². The highest BCUT2D eigenvalue weighted by Crippen LogP contribution is 2.31. The third-order valence-corrected chi connectivity index (χ3v) is 6.07. The average Bonchev–Trinajstić information content (AvgIpc) is 3.26. The van der Waals surface area contributed by atoms with Gasteiger partial charge < -0.3 is 0 Å². The molecule has 1 atom stereocenters. The monoisotopic (exact) mass is 472 g/mol. The van der Waals surface area contributed by atoms with Crippen molar-refractivity contribution in [3.05, 3.63) is 65.6 Å². The largest absolute Gasteiger partial charge is 0.260 e. The Bertz CT molecular complexity index is 1120.